The maximum Gasteiger partial charge on any atom is 0.257 e. The van der Waals surface area contributed by atoms with E-state index < -0.39 is 0 Å². The molecule has 0 saturated heterocycles. The summed E-state index contributed by atoms with van der Waals surface area (Å²) in [5, 5.41) is 3.51. The van der Waals surface area contributed by atoms with Crippen LogP contribution >= 0.6 is 0 Å². The van der Waals surface area contributed by atoms with Crippen molar-refractivity contribution in [1.82, 2.24) is 9.80 Å². The van der Waals surface area contributed by atoms with Crippen LogP contribution in [0.2, 0.25) is 0 Å². The van der Waals surface area contributed by atoms with Crippen molar-refractivity contribution in [3.05, 3.63) is 106 Å². The number of hydrogen-bond donors (Lipinski definition) is 1. The first-order chi connectivity index (χ1) is 25.0. The highest BCUT2D eigenvalue weighted by Gasteiger charge is 2.35. The fraction of sp³-hybridized carbons (Fsp3) is 0.341. The van der Waals surface area contributed by atoms with E-state index in [-0.39, 0.29) is 23.9 Å². The van der Waals surface area contributed by atoms with E-state index >= 15 is 0 Å². The highest BCUT2D eigenvalue weighted by molar-refractivity contribution is 6.04. The molecule has 0 aromatic heterocycles. The zero-order valence-electron chi connectivity index (χ0n) is 29.0. The number of amides is 2. The molecular formula is C41H42N4O6. The number of nitrogens with zero attached hydrogens (tertiary/aromatic N) is 3. The Morgan fingerprint density at radius 3 is 1.96 bits per heavy atom. The summed E-state index contributed by atoms with van der Waals surface area (Å²) >= 11 is 0. The molecule has 4 aliphatic rings. The van der Waals surface area contributed by atoms with Crippen LogP contribution in [0.1, 0.15) is 62.2 Å². The topological polar surface area (TPSA) is 102 Å². The highest BCUT2D eigenvalue weighted by Crippen LogP contribution is 2.40. The zero-order valence-corrected chi connectivity index (χ0v) is 29.0. The van der Waals surface area contributed by atoms with Gasteiger partial charge in [0.15, 0.2) is 23.0 Å². The number of anilines is 1. The Bertz CT molecular complexity index is 2010. The number of aliphatic imine (C=N–C) groups is 1. The Labute approximate surface area is 298 Å². The van der Waals surface area contributed by atoms with Gasteiger partial charge >= 0.3 is 0 Å². The van der Waals surface area contributed by atoms with Crippen molar-refractivity contribution in [3.63, 3.8) is 0 Å². The summed E-state index contributed by atoms with van der Waals surface area (Å²) in [6.45, 7) is 2.80. The Hall–Kier alpha value is -5.51. The van der Waals surface area contributed by atoms with Gasteiger partial charge in [0.1, 0.15) is 0 Å². The van der Waals surface area contributed by atoms with E-state index in [0.717, 1.165) is 37.8 Å². The number of ether oxygens (including phenoxy) is 4. The smallest absolute Gasteiger partial charge is 0.257 e. The van der Waals surface area contributed by atoms with E-state index in [4.69, 9.17) is 23.9 Å². The average molecular weight is 687 g/mol. The van der Waals surface area contributed by atoms with Gasteiger partial charge in [0.25, 0.3) is 11.8 Å². The molecule has 1 N–H and O–H groups in total. The van der Waals surface area contributed by atoms with Gasteiger partial charge in [0.2, 0.25) is 0 Å². The molecule has 262 valence electrons. The number of nitrogens with one attached hydrogen (secondary N) is 1. The summed E-state index contributed by atoms with van der Waals surface area (Å²) in [7, 11) is 3.19. The fourth-order valence-corrected chi connectivity index (χ4v) is 7.61. The summed E-state index contributed by atoms with van der Waals surface area (Å²) in [5.74, 6) is 2.19. The zero-order chi connectivity index (χ0) is 34.9. The predicted molar refractivity (Wildman–Crippen MR) is 195 cm³/mol. The lowest BCUT2D eigenvalue weighted by molar-refractivity contribution is 0.0659. The third kappa shape index (κ3) is 6.35. The average Bonchev–Trinajstić information content (AvgIpc) is 3.38. The number of methoxy groups -OCH3 is 2. The molecule has 2 amide bonds. The third-order valence-electron chi connectivity index (χ3n) is 10.4. The van der Waals surface area contributed by atoms with Gasteiger partial charge in [-0.05, 0) is 66.5 Å². The summed E-state index contributed by atoms with van der Waals surface area (Å²) in [6, 6.07) is 23.9. The summed E-state index contributed by atoms with van der Waals surface area (Å²) in [5.41, 5.74) is 7.41. The number of carbonyl (C=O) groups excluding carboxylic acids is 2. The molecule has 2 atom stereocenters. The molecule has 8 rings (SSSR count). The molecule has 0 saturated carbocycles. The van der Waals surface area contributed by atoms with Crippen LogP contribution in [-0.2, 0) is 25.9 Å². The lowest BCUT2D eigenvalue weighted by Crippen LogP contribution is -2.45. The van der Waals surface area contributed by atoms with Crippen LogP contribution in [0.25, 0.3) is 0 Å². The molecule has 0 fully saturated rings. The number of rotatable bonds is 10. The summed E-state index contributed by atoms with van der Waals surface area (Å²) < 4.78 is 23.7. The third-order valence-corrected chi connectivity index (χ3v) is 10.4. The van der Waals surface area contributed by atoms with Gasteiger partial charge in [-0.3, -0.25) is 14.6 Å². The van der Waals surface area contributed by atoms with Gasteiger partial charge in [-0.15, -0.1) is 0 Å². The molecule has 10 nitrogen and oxygen atoms in total. The molecular weight excluding hydrogens is 644 g/mol. The van der Waals surface area contributed by atoms with Gasteiger partial charge in [0.05, 0.1) is 62.0 Å². The van der Waals surface area contributed by atoms with Crippen molar-refractivity contribution in [2.24, 2.45) is 4.99 Å². The minimum atomic E-state index is -0.0947. The van der Waals surface area contributed by atoms with E-state index in [1.807, 2.05) is 46.3 Å². The van der Waals surface area contributed by atoms with E-state index in [0.29, 0.717) is 72.7 Å². The second kappa shape index (κ2) is 14.0. The van der Waals surface area contributed by atoms with Gasteiger partial charge in [0, 0.05) is 38.0 Å². The Kier molecular flexibility index (Phi) is 8.98. The largest absolute Gasteiger partial charge is 0.493 e. The SMILES string of the molecule is COc1cc2c(cc1OCCCCCOc1cc3c(cc1OC)C(=O)N1Cc4ccccc4C[C@H]1CN3)N=C[C@@H]1Cc3ccccc3CN1C2=O. The van der Waals surface area contributed by atoms with Crippen LogP contribution < -0.4 is 24.3 Å². The second-order valence-electron chi connectivity index (χ2n) is 13.5. The Balaban J connectivity index is 0.856. The fourth-order valence-electron chi connectivity index (χ4n) is 7.61. The first-order valence-electron chi connectivity index (χ1n) is 17.7. The van der Waals surface area contributed by atoms with Crippen LogP contribution in [0.3, 0.4) is 0 Å². The first kappa shape index (κ1) is 32.7. The molecule has 4 heterocycles. The predicted octanol–water partition coefficient (Wildman–Crippen LogP) is 6.61. The molecule has 4 aromatic carbocycles. The van der Waals surface area contributed by atoms with Gasteiger partial charge in [-0.25, -0.2) is 0 Å². The summed E-state index contributed by atoms with van der Waals surface area (Å²) in [6.07, 6.45) is 5.94. The Morgan fingerprint density at radius 2 is 1.27 bits per heavy atom. The number of carbonyl (C=O) groups is 2. The molecule has 0 aliphatic carbocycles. The quantitative estimate of drug-likeness (QED) is 0.188. The molecule has 10 heteroatoms. The Morgan fingerprint density at radius 1 is 0.686 bits per heavy atom. The normalized spacial score (nSPS) is 18.5. The van der Waals surface area contributed by atoms with Crippen LogP contribution in [0, 0.1) is 0 Å². The van der Waals surface area contributed by atoms with E-state index in [9.17, 15) is 9.59 Å². The van der Waals surface area contributed by atoms with Crippen molar-refractivity contribution in [2.75, 3.05) is 39.3 Å². The number of unbranched alkanes of at least 4 members (excludes halogenated alkanes) is 2. The van der Waals surface area contributed by atoms with Crippen LogP contribution in [0.4, 0.5) is 11.4 Å². The lowest BCUT2D eigenvalue weighted by Gasteiger charge is -2.35. The van der Waals surface area contributed by atoms with Gasteiger partial charge < -0.3 is 34.1 Å². The lowest BCUT2D eigenvalue weighted by atomic mass is 9.94. The molecule has 0 radical (unpaired) electrons. The van der Waals surface area contributed by atoms with Crippen molar-refractivity contribution in [2.45, 2.75) is 57.3 Å². The van der Waals surface area contributed by atoms with Gasteiger partial charge in [-0.1, -0.05) is 48.5 Å². The van der Waals surface area contributed by atoms with E-state index in [1.54, 1.807) is 26.4 Å². The monoisotopic (exact) mass is 686 g/mol. The van der Waals surface area contributed by atoms with Crippen LogP contribution in [0.15, 0.2) is 77.8 Å². The van der Waals surface area contributed by atoms with Crippen molar-refractivity contribution in [1.29, 1.82) is 0 Å². The molecule has 0 bridgehead atoms. The minimum Gasteiger partial charge on any atom is -0.493 e. The molecule has 4 aliphatic heterocycles. The second-order valence-corrected chi connectivity index (χ2v) is 13.5. The maximum atomic E-state index is 13.7. The molecule has 51 heavy (non-hydrogen) atoms. The first-order valence-corrected chi connectivity index (χ1v) is 17.7. The van der Waals surface area contributed by atoms with Crippen molar-refractivity contribution in [3.8, 4) is 23.0 Å². The van der Waals surface area contributed by atoms with E-state index in [2.05, 4.69) is 35.6 Å². The highest BCUT2D eigenvalue weighted by atomic mass is 16.5. The van der Waals surface area contributed by atoms with E-state index in [1.165, 1.54) is 22.3 Å². The van der Waals surface area contributed by atoms with Gasteiger partial charge in [-0.2, -0.15) is 0 Å². The summed E-state index contributed by atoms with van der Waals surface area (Å²) in [4.78, 5) is 36.0. The van der Waals surface area contributed by atoms with Crippen LogP contribution in [-0.4, -0.2) is 73.9 Å². The maximum absolute atomic E-state index is 13.7. The number of hydrogen-bond acceptors (Lipinski definition) is 8. The standard InChI is InChI=1S/C41H42N4O6/c1-48-36-18-32-34(42-22-30-16-26-10-4-6-12-28(26)24-44(30)40(32)46)20-38(36)50-14-8-3-9-15-51-39-21-35-33(19-37(39)49-2)41(47)45-25-29-13-7-5-11-27(29)17-31(45)23-43-35/h4-7,10-13,18-22,30-31,43H,3,8-9,14-17,23-25H2,1-2H3/t30-,31-/m0/s1. The van der Waals surface area contributed by atoms with Crippen molar-refractivity contribution < 1.29 is 28.5 Å². The molecule has 4 aromatic rings. The number of benzene rings is 4. The van der Waals surface area contributed by atoms with Crippen molar-refractivity contribution >= 4 is 29.4 Å². The molecule has 0 spiro atoms. The van der Waals surface area contributed by atoms with Crippen LogP contribution in [0.5, 0.6) is 23.0 Å². The number of fused-ring (bicyclic) bond motifs is 6. The minimum absolute atomic E-state index is 0.00522. The molecule has 0 unspecified atom stereocenters.